The van der Waals surface area contributed by atoms with Crippen LogP contribution in [0.3, 0.4) is 0 Å². The largest absolute Gasteiger partial charge is 0.326 e. The summed E-state index contributed by atoms with van der Waals surface area (Å²) in [5.74, 6) is -5.69. The maximum absolute atomic E-state index is 13.8. The Morgan fingerprint density at radius 3 is 2.33 bits per heavy atom. The topological polar surface area (TPSA) is 71.1 Å². The molecule has 0 unspecified atom stereocenters. The molecule has 0 radical (unpaired) electrons. The van der Waals surface area contributed by atoms with Crippen molar-refractivity contribution in [3.63, 3.8) is 0 Å². The summed E-state index contributed by atoms with van der Waals surface area (Å²) in [4.78, 5) is 29.0. The minimum Gasteiger partial charge on any atom is -0.326 e. The summed E-state index contributed by atoms with van der Waals surface area (Å²) in [6.07, 6.45) is -2.05. The fourth-order valence-corrected chi connectivity index (χ4v) is 4.96. The van der Waals surface area contributed by atoms with E-state index in [0.717, 1.165) is 12.3 Å². The summed E-state index contributed by atoms with van der Waals surface area (Å²) in [5, 5.41) is 4.54. The van der Waals surface area contributed by atoms with Gasteiger partial charge in [-0.15, -0.1) is 23.2 Å². The fourth-order valence-electron chi connectivity index (χ4n) is 3.66. The van der Waals surface area contributed by atoms with Gasteiger partial charge in [-0.2, -0.15) is 0 Å². The second-order valence-corrected chi connectivity index (χ2v) is 10.1. The molecule has 2 N–H and O–H groups in total. The summed E-state index contributed by atoms with van der Waals surface area (Å²) in [5.41, 5.74) is 0.0479. The molecule has 0 bridgehead atoms. The highest BCUT2D eigenvalue weighted by Gasteiger charge is 2.67. The summed E-state index contributed by atoms with van der Waals surface area (Å²) < 4.78 is 51.3. The lowest BCUT2D eigenvalue weighted by Gasteiger charge is -2.10. The zero-order chi connectivity index (χ0) is 26.4. The number of anilines is 2. The summed E-state index contributed by atoms with van der Waals surface area (Å²) in [6, 6.07) is 8.30. The summed E-state index contributed by atoms with van der Waals surface area (Å²) in [6.45, 7) is 0. The van der Waals surface area contributed by atoms with Gasteiger partial charge in [0.25, 0.3) is 12.3 Å². The van der Waals surface area contributed by atoms with Gasteiger partial charge in [0.15, 0.2) is 11.6 Å². The van der Waals surface area contributed by atoms with Gasteiger partial charge in [-0.3, -0.25) is 9.59 Å². The Morgan fingerprint density at radius 1 is 0.972 bits per heavy atom. The van der Waals surface area contributed by atoms with Crippen LogP contribution in [0.1, 0.15) is 33.8 Å². The molecule has 5 nitrogen and oxygen atoms in total. The van der Waals surface area contributed by atoms with Gasteiger partial charge < -0.3 is 10.6 Å². The van der Waals surface area contributed by atoms with E-state index in [1.807, 2.05) is 0 Å². The number of nitrogens with zero attached hydrogens (tertiary/aromatic N) is 1. The van der Waals surface area contributed by atoms with E-state index >= 15 is 0 Å². The van der Waals surface area contributed by atoms with Crippen molar-refractivity contribution in [2.75, 3.05) is 10.6 Å². The molecule has 0 spiro atoms. The summed E-state index contributed by atoms with van der Waals surface area (Å²) in [7, 11) is 0. The number of pyridine rings is 1. The van der Waals surface area contributed by atoms with Crippen LogP contribution in [0.4, 0.5) is 29.1 Å². The zero-order valence-electron chi connectivity index (χ0n) is 17.6. The van der Waals surface area contributed by atoms with Crippen LogP contribution in [-0.4, -0.2) is 21.1 Å². The van der Waals surface area contributed by atoms with Crippen molar-refractivity contribution in [2.24, 2.45) is 5.92 Å². The number of amides is 2. The second kappa shape index (κ2) is 10.0. The lowest BCUT2D eigenvalue weighted by molar-refractivity contribution is -0.117. The van der Waals surface area contributed by atoms with E-state index in [-0.39, 0.29) is 26.9 Å². The number of halogens is 8. The van der Waals surface area contributed by atoms with Crippen molar-refractivity contribution < 1.29 is 27.2 Å². The predicted octanol–water partition coefficient (Wildman–Crippen LogP) is 7.38. The van der Waals surface area contributed by atoms with E-state index in [9.17, 15) is 27.2 Å². The number of hydrogen-bond acceptors (Lipinski definition) is 3. The molecule has 0 saturated heterocycles. The molecule has 2 amide bonds. The Balaban J connectivity index is 1.50. The standard InChI is InChI=1S/C23H13Cl4F4N3O2/c24-14-4-2-11(7-13(14)21(35)34-20-16(29)6-10(28)8-32-20)33-22(36)18-17(23(18,26)27)9-1-3-12(19(30)31)15(25)5-9/h1-8,17-19H,(H,33,36)(H,32,34,35)/t17-,18+/m1/s1. The molecule has 1 saturated carbocycles. The smallest absolute Gasteiger partial charge is 0.265 e. The van der Waals surface area contributed by atoms with Crippen LogP contribution in [-0.2, 0) is 4.79 Å². The minimum absolute atomic E-state index is 0.0184. The molecule has 0 aliphatic heterocycles. The molecule has 2 aromatic carbocycles. The number of rotatable bonds is 6. The van der Waals surface area contributed by atoms with E-state index in [2.05, 4.69) is 15.6 Å². The van der Waals surface area contributed by atoms with Gasteiger partial charge in [0.2, 0.25) is 5.91 Å². The van der Waals surface area contributed by atoms with Crippen LogP contribution < -0.4 is 10.6 Å². The molecule has 4 rings (SSSR count). The number of aromatic nitrogens is 1. The first kappa shape index (κ1) is 26.5. The van der Waals surface area contributed by atoms with Crippen molar-refractivity contribution in [2.45, 2.75) is 16.7 Å². The van der Waals surface area contributed by atoms with E-state index in [0.29, 0.717) is 11.6 Å². The predicted molar refractivity (Wildman–Crippen MR) is 129 cm³/mol. The van der Waals surface area contributed by atoms with Gasteiger partial charge >= 0.3 is 0 Å². The third-order valence-electron chi connectivity index (χ3n) is 5.47. The van der Waals surface area contributed by atoms with E-state index < -0.39 is 51.9 Å². The Bertz CT molecular complexity index is 1370. The first-order chi connectivity index (χ1) is 16.9. The van der Waals surface area contributed by atoms with Crippen LogP contribution in [0.25, 0.3) is 0 Å². The number of carbonyl (C=O) groups is 2. The Kier molecular flexibility index (Phi) is 7.39. The highest BCUT2D eigenvalue weighted by molar-refractivity contribution is 6.53. The van der Waals surface area contributed by atoms with Crippen LogP contribution in [0.5, 0.6) is 0 Å². The molecule has 36 heavy (non-hydrogen) atoms. The van der Waals surface area contributed by atoms with E-state index in [4.69, 9.17) is 46.4 Å². The lowest BCUT2D eigenvalue weighted by atomic mass is 10.1. The van der Waals surface area contributed by atoms with Crippen LogP contribution in [0.2, 0.25) is 10.0 Å². The van der Waals surface area contributed by atoms with E-state index in [1.165, 1.54) is 30.3 Å². The van der Waals surface area contributed by atoms with Crippen LogP contribution in [0.15, 0.2) is 48.7 Å². The first-order valence-electron chi connectivity index (χ1n) is 10.1. The third kappa shape index (κ3) is 5.25. The van der Waals surface area contributed by atoms with Crippen molar-refractivity contribution in [1.82, 2.24) is 4.98 Å². The molecule has 1 aromatic heterocycles. The Morgan fingerprint density at radius 2 is 1.69 bits per heavy atom. The molecule has 188 valence electrons. The Hall–Kier alpha value is -2.59. The average molecular weight is 581 g/mol. The normalized spacial score (nSPS) is 18.1. The molecular formula is C23H13Cl4F4N3O2. The molecule has 1 heterocycles. The number of benzene rings is 2. The van der Waals surface area contributed by atoms with Crippen molar-refractivity contribution in [1.29, 1.82) is 0 Å². The van der Waals surface area contributed by atoms with Gasteiger partial charge in [-0.1, -0.05) is 35.3 Å². The SMILES string of the molecule is O=C(Nc1ncc(F)cc1F)c1cc(NC(=O)[C@@H]2[C@@H](c3ccc(C(F)F)c(Cl)c3)C2(Cl)Cl)ccc1Cl. The quantitative estimate of drug-likeness (QED) is 0.236. The van der Waals surface area contributed by atoms with Crippen molar-refractivity contribution in [3.8, 4) is 0 Å². The number of nitrogens with one attached hydrogen (secondary N) is 2. The molecule has 1 aliphatic rings. The highest BCUT2D eigenvalue weighted by Crippen LogP contribution is 2.65. The van der Waals surface area contributed by atoms with Crippen molar-refractivity contribution >= 4 is 69.7 Å². The average Bonchev–Trinajstić information content (AvgIpc) is 3.38. The minimum atomic E-state index is -2.77. The molecule has 2 atom stereocenters. The Labute approximate surface area is 221 Å². The maximum atomic E-state index is 13.8. The molecule has 13 heteroatoms. The molecule has 1 aliphatic carbocycles. The van der Waals surface area contributed by atoms with Gasteiger partial charge in [0, 0.05) is 28.3 Å². The molecular weight excluding hydrogens is 568 g/mol. The number of hydrogen-bond donors (Lipinski definition) is 2. The number of alkyl halides is 4. The van der Waals surface area contributed by atoms with Crippen LogP contribution >= 0.6 is 46.4 Å². The second-order valence-electron chi connectivity index (χ2n) is 7.83. The van der Waals surface area contributed by atoms with Gasteiger partial charge in [0.1, 0.15) is 10.2 Å². The molecule has 3 aromatic rings. The summed E-state index contributed by atoms with van der Waals surface area (Å²) >= 11 is 24.6. The van der Waals surface area contributed by atoms with Crippen LogP contribution in [0, 0.1) is 17.6 Å². The maximum Gasteiger partial charge on any atom is 0.265 e. The number of carbonyl (C=O) groups excluding carboxylic acids is 2. The lowest BCUT2D eigenvalue weighted by Crippen LogP contribution is -2.18. The molecule has 1 fully saturated rings. The third-order valence-corrected chi connectivity index (χ3v) is 7.07. The highest BCUT2D eigenvalue weighted by atomic mass is 35.5. The van der Waals surface area contributed by atoms with Gasteiger partial charge in [-0.25, -0.2) is 22.5 Å². The van der Waals surface area contributed by atoms with Gasteiger partial charge in [0.05, 0.1) is 22.7 Å². The van der Waals surface area contributed by atoms with E-state index in [1.54, 1.807) is 0 Å². The first-order valence-corrected chi connectivity index (χ1v) is 11.6. The monoisotopic (exact) mass is 579 g/mol. The van der Waals surface area contributed by atoms with Crippen molar-refractivity contribution in [3.05, 3.63) is 87.0 Å². The zero-order valence-corrected chi connectivity index (χ0v) is 20.7. The fraction of sp³-hybridized carbons (Fsp3) is 0.174. The van der Waals surface area contributed by atoms with Gasteiger partial charge in [-0.05, 0) is 29.8 Å².